The molecule has 2 rings (SSSR count). The standard InChI is InChI=1S/C16H21BrN2S/c1-10(2)14-9-20-16(19-14)15(18-11(3)4)12-5-7-13(17)8-6-12/h5-11,15,18H,1-4H3. The molecule has 0 aliphatic heterocycles. The summed E-state index contributed by atoms with van der Waals surface area (Å²) in [5, 5.41) is 6.93. The van der Waals surface area contributed by atoms with E-state index in [4.69, 9.17) is 4.98 Å². The van der Waals surface area contributed by atoms with E-state index in [1.54, 1.807) is 11.3 Å². The summed E-state index contributed by atoms with van der Waals surface area (Å²) >= 11 is 5.23. The monoisotopic (exact) mass is 352 g/mol. The van der Waals surface area contributed by atoms with Gasteiger partial charge in [-0.1, -0.05) is 41.9 Å². The van der Waals surface area contributed by atoms with Crippen LogP contribution in [0.2, 0.25) is 0 Å². The number of benzene rings is 1. The quantitative estimate of drug-likeness (QED) is 0.807. The molecule has 1 aromatic carbocycles. The Morgan fingerprint density at radius 3 is 2.25 bits per heavy atom. The van der Waals surface area contributed by atoms with Crippen molar-refractivity contribution in [3.63, 3.8) is 0 Å². The van der Waals surface area contributed by atoms with Gasteiger partial charge in [-0.25, -0.2) is 4.98 Å². The van der Waals surface area contributed by atoms with Gasteiger partial charge < -0.3 is 5.32 Å². The maximum absolute atomic E-state index is 4.81. The molecule has 1 aromatic heterocycles. The van der Waals surface area contributed by atoms with Crippen molar-refractivity contribution in [1.82, 2.24) is 10.3 Å². The summed E-state index contributed by atoms with van der Waals surface area (Å²) in [5.74, 6) is 0.476. The van der Waals surface area contributed by atoms with E-state index in [1.807, 2.05) is 0 Å². The molecule has 1 N–H and O–H groups in total. The summed E-state index contributed by atoms with van der Waals surface area (Å²) < 4.78 is 1.10. The summed E-state index contributed by atoms with van der Waals surface area (Å²) in [4.78, 5) is 4.81. The Balaban J connectivity index is 2.33. The van der Waals surface area contributed by atoms with Crippen LogP contribution < -0.4 is 5.32 Å². The van der Waals surface area contributed by atoms with Crippen molar-refractivity contribution in [1.29, 1.82) is 0 Å². The van der Waals surface area contributed by atoms with E-state index in [-0.39, 0.29) is 6.04 Å². The second-order valence-electron chi connectivity index (χ2n) is 5.57. The summed E-state index contributed by atoms with van der Waals surface area (Å²) in [6.45, 7) is 8.71. The second kappa shape index (κ2) is 6.83. The van der Waals surface area contributed by atoms with Gasteiger partial charge in [-0.3, -0.25) is 0 Å². The molecule has 0 bridgehead atoms. The Kier molecular flexibility index (Phi) is 5.35. The molecule has 4 heteroatoms. The third-order valence-electron chi connectivity index (χ3n) is 3.08. The molecule has 0 radical (unpaired) electrons. The Morgan fingerprint density at radius 2 is 1.75 bits per heavy atom. The average molecular weight is 353 g/mol. The van der Waals surface area contributed by atoms with Crippen LogP contribution >= 0.6 is 27.3 Å². The molecular weight excluding hydrogens is 332 g/mol. The maximum Gasteiger partial charge on any atom is 0.114 e. The number of nitrogens with zero attached hydrogens (tertiary/aromatic N) is 1. The Hall–Kier alpha value is -0.710. The fourth-order valence-electron chi connectivity index (χ4n) is 2.00. The zero-order valence-corrected chi connectivity index (χ0v) is 14.8. The number of thiazole rings is 1. The number of aromatic nitrogens is 1. The lowest BCUT2D eigenvalue weighted by Gasteiger charge is -2.20. The number of hydrogen-bond acceptors (Lipinski definition) is 3. The van der Waals surface area contributed by atoms with E-state index in [1.165, 1.54) is 11.3 Å². The largest absolute Gasteiger partial charge is 0.302 e. The minimum absolute atomic E-state index is 0.167. The summed E-state index contributed by atoms with van der Waals surface area (Å²) in [5.41, 5.74) is 2.43. The summed E-state index contributed by atoms with van der Waals surface area (Å²) in [6, 6.07) is 9.06. The van der Waals surface area contributed by atoms with E-state index in [0.29, 0.717) is 12.0 Å². The smallest absolute Gasteiger partial charge is 0.114 e. The first-order chi connectivity index (χ1) is 9.47. The molecule has 0 amide bonds. The fraction of sp³-hybridized carbons (Fsp3) is 0.438. The van der Waals surface area contributed by atoms with Gasteiger partial charge in [0.15, 0.2) is 0 Å². The van der Waals surface area contributed by atoms with Crippen molar-refractivity contribution in [2.24, 2.45) is 0 Å². The molecule has 1 atom stereocenters. The fourth-order valence-corrected chi connectivity index (χ4v) is 3.33. The van der Waals surface area contributed by atoms with Crippen LogP contribution in [0, 0.1) is 0 Å². The third-order valence-corrected chi connectivity index (χ3v) is 4.54. The maximum atomic E-state index is 4.81. The topological polar surface area (TPSA) is 24.9 Å². The number of halogens is 1. The Morgan fingerprint density at radius 1 is 1.10 bits per heavy atom. The SMILES string of the molecule is CC(C)NC(c1ccc(Br)cc1)c1nc(C(C)C)cs1. The lowest BCUT2D eigenvalue weighted by atomic mass is 10.1. The summed E-state index contributed by atoms with van der Waals surface area (Å²) in [6.07, 6.45) is 0. The van der Waals surface area contributed by atoms with E-state index in [0.717, 1.165) is 9.48 Å². The zero-order valence-electron chi connectivity index (χ0n) is 12.4. The molecular formula is C16H21BrN2S. The molecule has 1 heterocycles. The highest BCUT2D eigenvalue weighted by atomic mass is 79.9. The van der Waals surface area contributed by atoms with Crippen LogP contribution in [0.4, 0.5) is 0 Å². The van der Waals surface area contributed by atoms with Gasteiger partial charge in [0.25, 0.3) is 0 Å². The van der Waals surface area contributed by atoms with Crippen molar-refractivity contribution in [3.8, 4) is 0 Å². The first-order valence-corrected chi connectivity index (χ1v) is 8.61. The van der Waals surface area contributed by atoms with Crippen LogP contribution in [0.1, 0.15) is 55.9 Å². The second-order valence-corrected chi connectivity index (χ2v) is 7.38. The number of hydrogen-bond donors (Lipinski definition) is 1. The minimum Gasteiger partial charge on any atom is -0.302 e. The lowest BCUT2D eigenvalue weighted by Crippen LogP contribution is -2.28. The third kappa shape index (κ3) is 3.90. The number of rotatable bonds is 5. The van der Waals surface area contributed by atoms with Gasteiger partial charge in [0.2, 0.25) is 0 Å². The molecule has 2 nitrogen and oxygen atoms in total. The normalized spacial score (nSPS) is 13.2. The predicted octanol–water partition coefficient (Wildman–Crippen LogP) is 5.12. The predicted molar refractivity (Wildman–Crippen MR) is 90.5 cm³/mol. The van der Waals surface area contributed by atoms with Gasteiger partial charge in [0, 0.05) is 15.9 Å². The van der Waals surface area contributed by atoms with Crippen molar-refractivity contribution in [2.45, 2.75) is 45.7 Å². The van der Waals surface area contributed by atoms with Gasteiger partial charge in [-0.15, -0.1) is 11.3 Å². The molecule has 0 aliphatic carbocycles. The van der Waals surface area contributed by atoms with Crippen molar-refractivity contribution in [2.75, 3.05) is 0 Å². The molecule has 0 aliphatic rings. The molecule has 108 valence electrons. The van der Waals surface area contributed by atoms with Gasteiger partial charge in [0.05, 0.1) is 11.7 Å². The minimum atomic E-state index is 0.167. The molecule has 20 heavy (non-hydrogen) atoms. The van der Waals surface area contributed by atoms with Crippen LogP contribution in [-0.2, 0) is 0 Å². The molecule has 2 aromatic rings. The van der Waals surface area contributed by atoms with Crippen LogP contribution in [0.15, 0.2) is 34.1 Å². The van der Waals surface area contributed by atoms with Crippen molar-refractivity contribution in [3.05, 3.63) is 50.4 Å². The summed E-state index contributed by atoms with van der Waals surface area (Å²) in [7, 11) is 0. The van der Waals surface area contributed by atoms with Crippen molar-refractivity contribution < 1.29 is 0 Å². The van der Waals surface area contributed by atoms with Crippen molar-refractivity contribution >= 4 is 27.3 Å². The van der Waals surface area contributed by atoms with E-state index in [2.05, 4.69) is 78.6 Å². The van der Waals surface area contributed by atoms with Gasteiger partial charge in [0.1, 0.15) is 5.01 Å². The lowest BCUT2D eigenvalue weighted by molar-refractivity contribution is 0.525. The zero-order chi connectivity index (χ0) is 14.7. The molecule has 0 fully saturated rings. The highest BCUT2D eigenvalue weighted by molar-refractivity contribution is 9.10. The first-order valence-electron chi connectivity index (χ1n) is 6.94. The Labute approximate surface area is 133 Å². The van der Waals surface area contributed by atoms with Gasteiger partial charge in [-0.2, -0.15) is 0 Å². The van der Waals surface area contributed by atoms with E-state index in [9.17, 15) is 0 Å². The average Bonchev–Trinajstić information content (AvgIpc) is 2.86. The molecule has 0 saturated heterocycles. The van der Waals surface area contributed by atoms with Gasteiger partial charge >= 0.3 is 0 Å². The molecule has 0 saturated carbocycles. The van der Waals surface area contributed by atoms with E-state index < -0.39 is 0 Å². The first kappa shape index (κ1) is 15.7. The van der Waals surface area contributed by atoms with Crippen LogP contribution in [0.5, 0.6) is 0 Å². The molecule has 1 unspecified atom stereocenters. The Bertz CT molecular complexity index is 546. The number of nitrogens with one attached hydrogen (secondary N) is 1. The van der Waals surface area contributed by atoms with Crippen LogP contribution in [0.25, 0.3) is 0 Å². The van der Waals surface area contributed by atoms with Crippen LogP contribution in [0.3, 0.4) is 0 Å². The highest BCUT2D eigenvalue weighted by Gasteiger charge is 2.19. The highest BCUT2D eigenvalue weighted by Crippen LogP contribution is 2.28. The van der Waals surface area contributed by atoms with Gasteiger partial charge in [-0.05, 0) is 37.5 Å². The molecule has 0 spiro atoms. The van der Waals surface area contributed by atoms with Crippen LogP contribution in [-0.4, -0.2) is 11.0 Å². The van der Waals surface area contributed by atoms with E-state index >= 15 is 0 Å².